The van der Waals surface area contributed by atoms with Crippen LogP contribution in [-0.4, -0.2) is 30.6 Å². The molecule has 0 spiro atoms. The van der Waals surface area contributed by atoms with E-state index in [0.29, 0.717) is 23.0 Å². The quantitative estimate of drug-likeness (QED) is 0.911. The second kappa shape index (κ2) is 6.71. The van der Waals surface area contributed by atoms with E-state index < -0.39 is 0 Å². The van der Waals surface area contributed by atoms with Crippen LogP contribution in [0.15, 0.2) is 18.5 Å². The number of hydrogen-bond acceptors (Lipinski definition) is 3. The molecule has 18 heavy (non-hydrogen) atoms. The largest absolute Gasteiger partial charge is 0.381 e. The summed E-state index contributed by atoms with van der Waals surface area (Å²) in [6.07, 6.45) is 6.30. The zero-order valence-corrected chi connectivity index (χ0v) is 10.9. The van der Waals surface area contributed by atoms with Gasteiger partial charge in [-0.05, 0) is 31.2 Å². The number of hydrogen-bond donors (Lipinski definition) is 1. The van der Waals surface area contributed by atoms with Crippen LogP contribution in [0, 0.1) is 5.92 Å². The molecule has 1 aliphatic heterocycles. The summed E-state index contributed by atoms with van der Waals surface area (Å²) in [6, 6.07) is 1.62. The minimum Gasteiger partial charge on any atom is -0.381 e. The predicted molar refractivity (Wildman–Crippen MR) is 69.7 cm³/mol. The first-order chi connectivity index (χ1) is 8.75. The van der Waals surface area contributed by atoms with E-state index in [2.05, 4.69) is 10.3 Å². The number of carbonyl (C=O) groups is 1. The molecule has 1 saturated heterocycles. The Morgan fingerprint density at radius 3 is 3.17 bits per heavy atom. The lowest BCUT2D eigenvalue weighted by molar-refractivity contribution is 0.0514. The minimum atomic E-state index is -0.123. The fourth-order valence-electron chi connectivity index (χ4n) is 2.06. The molecule has 1 atom stereocenters. The molecule has 2 heterocycles. The highest BCUT2D eigenvalue weighted by Crippen LogP contribution is 2.16. The molecule has 1 fully saturated rings. The average molecular weight is 269 g/mol. The number of halogens is 1. The average Bonchev–Trinajstić information content (AvgIpc) is 2.40. The van der Waals surface area contributed by atoms with Gasteiger partial charge in [0.05, 0.1) is 10.6 Å². The molecule has 0 unspecified atom stereocenters. The number of ether oxygens (including phenoxy) is 1. The minimum absolute atomic E-state index is 0.123. The van der Waals surface area contributed by atoms with Crippen molar-refractivity contribution in [1.82, 2.24) is 10.3 Å². The van der Waals surface area contributed by atoms with Crippen LogP contribution >= 0.6 is 11.6 Å². The summed E-state index contributed by atoms with van der Waals surface area (Å²) < 4.78 is 5.40. The fourth-order valence-corrected chi connectivity index (χ4v) is 2.24. The van der Waals surface area contributed by atoms with E-state index in [1.165, 1.54) is 18.8 Å². The first-order valence-corrected chi connectivity index (χ1v) is 6.60. The molecule has 0 aliphatic carbocycles. The van der Waals surface area contributed by atoms with Gasteiger partial charge < -0.3 is 10.1 Å². The zero-order valence-electron chi connectivity index (χ0n) is 10.2. The summed E-state index contributed by atoms with van der Waals surface area (Å²) in [5.41, 5.74) is 0.502. The van der Waals surface area contributed by atoms with Crippen LogP contribution in [0.1, 0.15) is 29.6 Å². The number of aromatic nitrogens is 1. The molecule has 0 saturated carbocycles. The number of nitrogens with zero attached hydrogens (tertiary/aromatic N) is 1. The second-order valence-corrected chi connectivity index (χ2v) is 4.96. The molecule has 2 rings (SSSR count). The lowest BCUT2D eigenvalue weighted by Gasteiger charge is -2.21. The van der Waals surface area contributed by atoms with E-state index in [1.807, 2.05) is 0 Å². The molecule has 98 valence electrons. The highest BCUT2D eigenvalue weighted by atomic mass is 35.5. The Labute approximate surface area is 112 Å². The van der Waals surface area contributed by atoms with Crippen LogP contribution in [0.25, 0.3) is 0 Å². The van der Waals surface area contributed by atoms with Gasteiger partial charge in [-0.2, -0.15) is 0 Å². The molecule has 0 aromatic carbocycles. The molecule has 0 bridgehead atoms. The van der Waals surface area contributed by atoms with Gasteiger partial charge in [-0.25, -0.2) is 0 Å². The Bertz CT molecular complexity index is 406. The smallest absolute Gasteiger partial charge is 0.252 e. The molecule has 1 aliphatic rings. The highest BCUT2D eigenvalue weighted by Gasteiger charge is 2.14. The molecule has 1 amide bonds. The number of rotatable bonds is 4. The van der Waals surface area contributed by atoms with E-state index in [4.69, 9.17) is 16.3 Å². The highest BCUT2D eigenvalue weighted by molar-refractivity contribution is 6.30. The third-order valence-corrected chi connectivity index (χ3v) is 3.27. The van der Waals surface area contributed by atoms with Crippen molar-refractivity contribution in [1.29, 1.82) is 0 Å². The summed E-state index contributed by atoms with van der Waals surface area (Å²) in [5.74, 6) is 0.443. The Hall–Kier alpha value is -1.13. The van der Waals surface area contributed by atoms with Crippen molar-refractivity contribution < 1.29 is 9.53 Å². The summed E-state index contributed by atoms with van der Waals surface area (Å²) in [7, 11) is 0. The third-order valence-electron chi connectivity index (χ3n) is 3.06. The predicted octanol–water partition coefficient (Wildman–Crippen LogP) is 2.28. The Morgan fingerprint density at radius 2 is 2.44 bits per heavy atom. The summed E-state index contributed by atoms with van der Waals surface area (Å²) in [6.45, 7) is 2.35. The Kier molecular flexibility index (Phi) is 4.96. The fraction of sp³-hybridized carbons (Fsp3) is 0.538. The van der Waals surface area contributed by atoms with Crippen molar-refractivity contribution in [3.8, 4) is 0 Å². The van der Waals surface area contributed by atoms with E-state index in [9.17, 15) is 4.79 Å². The summed E-state index contributed by atoms with van der Waals surface area (Å²) in [5, 5.41) is 3.36. The SMILES string of the molecule is O=C(NCC[C@@H]1CCCOC1)c1cncc(Cl)c1. The van der Waals surface area contributed by atoms with Crippen LogP contribution in [0.4, 0.5) is 0 Å². The number of carbonyl (C=O) groups excluding carboxylic acids is 1. The summed E-state index contributed by atoms with van der Waals surface area (Å²) >= 11 is 5.79. The molecular weight excluding hydrogens is 252 g/mol. The van der Waals surface area contributed by atoms with Gasteiger partial charge in [0, 0.05) is 32.2 Å². The van der Waals surface area contributed by atoms with Gasteiger partial charge in [0.15, 0.2) is 0 Å². The summed E-state index contributed by atoms with van der Waals surface area (Å²) in [4.78, 5) is 15.7. The van der Waals surface area contributed by atoms with Crippen LogP contribution in [0.3, 0.4) is 0 Å². The van der Waals surface area contributed by atoms with Gasteiger partial charge in [-0.3, -0.25) is 9.78 Å². The Morgan fingerprint density at radius 1 is 1.56 bits per heavy atom. The lowest BCUT2D eigenvalue weighted by Crippen LogP contribution is -2.28. The molecule has 1 aromatic rings. The van der Waals surface area contributed by atoms with Gasteiger partial charge in [0.1, 0.15) is 0 Å². The van der Waals surface area contributed by atoms with Gasteiger partial charge in [-0.15, -0.1) is 0 Å². The third kappa shape index (κ3) is 3.96. The maximum atomic E-state index is 11.8. The van der Waals surface area contributed by atoms with Crippen molar-refractivity contribution in [3.05, 3.63) is 29.0 Å². The normalized spacial score (nSPS) is 19.5. The maximum Gasteiger partial charge on any atom is 0.252 e. The first kappa shape index (κ1) is 13.3. The molecular formula is C13H17ClN2O2. The molecule has 5 heteroatoms. The second-order valence-electron chi connectivity index (χ2n) is 4.52. The van der Waals surface area contributed by atoms with Crippen molar-refractivity contribution >= 4 is 17.5 Å². The van der Waals surface area contributed by atoms with Crippen LogP contribution in [-0.2, 0) is 4.74 Å². The lowest BCUT2D eigenvalue weighted by atomic mass is 9.99. The van der Waals surface area contributed by atoms with Gasteiger partial charge in [0.25, 0.3) is 5.91 Å². The van der Waals surface area contributed by atoms with Crippen molar-refractivity contribution in [2.75, 3.05) is 19.8 Å². The van der Waals surface area contributed by atoms with Crippen molar-refractivity contribution in [2.24, 2.45) is 5.92 Å². The van der Waals surface area contributed by atoms with E-state index >= 15 is 0 Å². The van der Waals surface area contributed by atoms with Crippen molar-refractivity contribution in [2.45, 2.75) is 19.3 Å². The first-order valence-electron chi connectivity index (χ1n) is 6.22. The number of nitrogens with one attached hydrogen (secondary N) is 1. The van der Waals surface area contributed by atoms with Gasteiger partial charge in [-0.1, -0.05) is 11.6 Å². The number of amides is 1. The van der Waals surface area contributed by atoms with E-state index in [0.717, 1.165) is 26.1 Å². The van der Waals surface area contributed by atoms with Gasteiger partial charge in [0.2, 0.25) is 0 Å². The standard InChI is InChI=1S/C13H17ClN2O2/c14-12-6-11(7-15-8-12)13(17)16-4-3-10-2-1-5-18-9-10/h6-8,10H,1-5,9H2,(H,16,17)/t10-/m0/s1. The van der Waals surface area contributed by atoms with Crippen molar-refractivity contribution in [3.63, 3.8) is 0 Å². The monoisotopic (exact) mass is 268 g/mol. The van der Waals surface area contributed by atoms with Crippen LogP contribution < -0.4 is 5.32 Å². The maximum absolute atomic E-state index is 11.8. The van der Waals surface area contributed by atoms with Crippen LogP contribution in [0.5, 0.6) is 0 Å². The van der Waals surface area contributed by atoms with Gasteiger partial charge >= 0.3 is 0 Å². The molecule has 1 aromatic heterocycles. The molecule has 0 radical (unpaired) electrons. The molecule has 1 N–H and O–H groups in total. The topological polar surface area (TPSA) is 51.2 Å². The number of pyridine rings is 1. The van der Waals surface area contributed by atoms with Crippen LogP contribution in [0.2, 0.25) is 5.02 Å². The zero-order chi connectivity index (χ0) is 12.8. The molecule has 4 nitrogen and oxygen atoms in total. The Balaban J connectivity index is 1.74. The van der Waals surface area contributed by atoms with E-state index in [1.54, 1.807) is 6.07 Å². The van der Waals surface area contributed by atoms with E-state index in [-0.39, 0.29) is 5.91 Å².